The average Bonchev–Trinajstić information content (AvgIpc) is 3.14. The smallest absolute Gasteiger partial charge is 0.321 e. The van der Waals surface area contributed by atoms with Crippen molar-refractivity contribution in [2.24, 2.45) is 0 Å². The van der Waals surface area contributed by atoms with Crippen LogP contribution in [0.4, 0.5) is 10.5 Å². The number of nitrogens with one attached hydrogen (secondary N) is 1. The van der Waals surface area contributed by atoms with Gasteiger partial charge in [0, 0.05) is 30.8 Å². The lowest BCUT2D eigenvalue weighted by atomic mass is 10.0. The highest BCUT2D eigenvalue weighted by Gasteiger charge is 2.36. The molecular weight excluding hydrogens is 312 g/mol. The molecule has 1 aromatic heterocycles. The van der Waals surface area contributed by atoms with Crippen molar-refractivity contribution in [2.75, 3.05) is 25.2 Å². The van der Waals surface area contributed by atoms with E-state index in [9.17, 15) is 4.79 Å². The van der Waals surface area contributed by atoms with Gasteiger partial charge in [0.25, 0.3) is 0 Å². The van der Waals surface area contributed by atoms with Crippen LogP contribution >= 0.6 is 0 Å². The number of ether oxygens (including phenoxy) is 2. The zero-order valence-electron chi connectivity index (χ0n) is 13.5. The number of carbonyl (C=O) groups is 1. The van der Waals surface area contributed by atoms with Crippen LogP contribution in [0.5, 0.6) is 11.5 Å². The molecule has 8 heteroatoms. The van der Waals surface area contributed by atoms with Gasteiger partial charge in [0.05, 0.1) is 5.92 Å². The number of nitrogens with zero attached hydrogens (tertiary/aromatic N) is 3. The Hall–Kier alpha value is -2.77. The molecule has 3 heterocycles. The minimum Gasteiger partial charge on any atom is -0.454 e. The van der Waals surface area contributed by atoms with Gasteiger partial charge in [-0.05, 0) is 12.1 Å². The first-order valence-corrected chi connectivity index (χ1v) is 7.89. The molecule has 1 N–H and O–H groups in total. The molecule has 8 nitrogen and oxygen atoms in total. The van der Waals surface area contributed by atoms with Gasteiger partial charge in [-0.2, -0.15) is 4.98 Å². The van der Waals surface area contributed by atoms with Gasteiger partial charge in [-0.3, -0.25) is 0 Å². The summed E-state index contributed by atoms with van der Waals surface area (Å²) in [7, 11) is 0. The first-order chi connectivity index (χ1) is 11.6. The van der Waals surface area contributed by atoms with Gasteiger partial charge in [0.1, 0.15) is 0 Å². The van der Waals surface area contributed by atoms with Crippen LogP contribution in [0.2, 0.25) is 0 Å². The second-order valence-corrected chi connectivity index (χ2v) is 6.25. The molecular formula is C16H18N4O4. The zero-order valence-corrected chi connectivity index (χ0v) is 13.5. The van der Waals surface area contributed by atoms with E-state index in [1.165, 1.54) is 0 Å². The van der Waals surface area contributed by atoms with Gasteiger partial charge in [0.15, 0.2) is 17.3 Å². The molecule has 2 amide bonds. The number of hydrogen-bond donors (Lipinski definition) is 1. The fraction of sp³-hybridized carbons (Fsp3) is 0.438. The van der Waals surface area contributed by atoms with Gasteiger partial charge >= 0.3 is 6.03 Å². The lowest BCUT2D eigenvalue weighted by molar-refractivity contribution is 0.147. The third-order valence-electron chi connectivity index (χ3n) is 4.12. The van der Waals surface area contributed by atoms with Crippen LogP contribution in [0.1, 0.15) is 37.4 Å². The standard InChI is InChI=1S/C16H18N4O4/c1-9(2)14-18-15(24-19-14)10-6-20(7-10)16(21)17-11-3-4-12-13(5-11)23-8-22-12/h3-5,9-10H,6-8H2,1-2H3,(H,17,21). The molecule has 0 saturated carbocycles. The minimum atomic E-state index is -0.159. The van der Waals surface area contributed by atoms with Crippen molar-refractivity contribution in [3.05, 3.63) is 29.9 Å². The maximum Gasteiger partial charge on any atom is 0.321 e. The fourth-order valence-electron chi connectivity index (χ4n) is 2.63. The molecule has 0 bridgehead atoms. The summed E-state index contributed by atoms with van der Waals surface area (Å²) < 4.78 is 15.8. The maximum atomic E-state index is 12.3. The maximum absolute atomic E-state index is 12.3. The van der Waals surface area contributed by atoms with Gasteiger partial charge in [-0.15, -0.1) is 0 Å². The summed E-state index contributed by atoms with van der Waals surface area (Å²) in [4.78, 5) is 18.3. The largest absolute Gasteiger partial charge is 0.454 e. The summed E-state index contributed by atoms with van der Waals surface area (Å²) in [6.07, 6.45) is 0. The second-order valence-electron chi connectivity index (χ2n) is 6.25. The highest BCUT2D eigenvalue weighted by molar-refractivity contribution is 5.90. The Morgan fingerprint density at radius 2 is 2.08 bits per heavy atom. The van der Waals surface area contributed by atoms with Crippen LogP contribution in [-0.2, 0) is 0 Å². The van der Waals surface area contributed by atoms with E-state index in [2.05, 4.69) is 15.5 Å². The number of anilines is 1. The quantitative estimate of drug-likeness (QED) is 0.930. The Kier molecular flexibility index (Phi) is 3.51. The van der Waals surface area contributed by atoms with Crippen molar-refractivity contribution < 1.29 is 18.8 Å². The molecule has 1 fully saturated rings. The van der Waals surface area contributed by atoms with E-state index in [1.54, 1.807) is 23.1 Å². The van der Waals surface area contributed by atoms with Crippen molar-refractivity contribution in [1.82, 2.24) is 15.0 Å². The topological polar surface area (TPSA) is 89.7 Å². The molecule has 1 aromatic carbocycles. The summed E-state index contributed by atoms with van der Waals surface area (Å²) in [6, 6.07) is 5.16. The van der Waals surface area contributed by atoms with Crippen LogP contribution in [0.3, 0.4) is 0 Å². The van der Waals surface area contributed by atoms with Crippen LogP contribution in [-0.4, -0.2) is 41.0 Å². The van der Waals surface area contributed by atoms with E-state index in [0.29, 0.717) is 42.0 Å². The molecule has 2 aromatic rings. The number of benzene rings is 1. The van der Waals surface area contributed by atoms with Crippen LogP contribution < -0.4 is 14.8 Å². The predicted octanol–water partition coefficient (Wildman–Crippen LogP) is 2.55. The van der Waals surface area contributed by atoms with Crippen molar-refractivity contribution in [1.29, 1.82) is 0 Å². The Morgan fingerprint density at radius 1 is 1.29 bits per heavy atom. The first kappa shape index (κ1) is 14.8. The summed E-state index contributed by atoms with van der Waals surface area (Å²) >= 11 is 0. The van der Waals surface area contributed by atoms with E-state index in [1.807, 2.05) is 13.8 Å². The molecule has 0 unspecified atom stereocenters. The van der Waals surface area contributed by atoms with Crippen molar-refractivity contribution >= 4 is 11.7 Å². The van der Waals surface area contributed by atoms with Gasteiger partial charge in [-0.25, -0.2) is 4.79 Å². The first-order valence-electron chi connectivity index (χ1n) is 7.89. The number of aromatic nitrogens is 2. The van der Waals surface area contributed by atoms with E-state index < -0.39 is 0 Å². The molecule has 24 heavy (non-hydrogen) atoms. The van der Waals surface area contributed by atoms with Gasteiger partial charge in [-0.1, -0.05) is 19.0 Å². The number of urea groups is 1. The molecule has 0 aliphatic carbocycles. The van der Waals surface area contributed by atoms with Crippen molar-refractivity contribution in [3.63, 3.8) is 0 Å². The minimum absolute atomic E-state index is 0.104. The Bertz CT molecular complexity index is 767. The monoisotopic (exact) mass is 330 g/mol. The molecule has 2 aliphatic heterocycles. The van der Waals surface area contributed by atoms with Crippen molar-refractivity contribution in [3.8, 4) is 11.5 Å². The fourth-order valence-corrected chi connectivity index (χ4v) is 2.63. The Labute approximate surface area is 138 Å². The van der Waals surface area contributed by atoms with Crippen molar-refractivity contribution in [2.45, 2.75) is 25.7 Å². The normalized spacial score (nSPS) is 16.4. The van der Waals surface area contributed by atoms with E-state index in [4.69, 9.17) is 14.0 Å². The number of carbonyl (C=O) groups excluding carboxylic acids is 1. The molecule has 126 valence electrons. The highest BCUT2D eigenvalue weighted by Crippen LogP contribution is 2.34. The lowest BCUT2D eigenvalue weighted by Gasteiger charge is -2.36. The third-order valence-corrected chi connectivity index (χ3v) is 4.12. The molecule has 4 rings (SSSR count). The molecule has 0 spiro atoms. The SMILES string of the molecule is CC(C)c1noc(C2CN(C(=O)Nc3ccc4c(c3)OCO4)C2)n1. The highest BCUT2D eigenvalue weighted by atomic mass is 16.7. The van der Waals surface area contributed by atoms with Crippen LogP contribution in [0.25, 0.3) is 0 Å². The number of rotatable bonds is 3. The van der Waals surface area contributed by atoms with Gasteiger partial charge < -0.3 is 24.2 Å². The number of amides is 2. The summed E-state index contributed by atoms with van der Waals surface area (Å²) in [5.41, 5.74) is 0.674. The van der Waals surface area contributed by atoms with E-state index >= 15 is 0 Å². The van der Waals surface area contributed by atoms with Crippen LogP contribution in [0.15, 0.2) is 22.7 Å². The summed E-state index contributed by atoms with van der Waals surface area (Å²) in [5, 5.41) is 6.81. The summed E-state index contributed by atoms with van der Waals surface area (Å²) in [6.45, 7) is 5.37. The average molecular weight is 330 g/mol. The Morgan fingerprint density at radius 3 is 2.83 bits per heavy atom. The Balaban J connectivity index is 1.34. The van der Waals surface area contributed by atoms with E-state index in [-0.39, 0.29) is 24.7 Å². The molecule has 0 radical (unpaired) electrons. The predicted molar refractivity (Wildman–Crippen MR) is 84.3 cm³/mol. The third kappa shape index (κ3) is 2.64. The number of hydrogen-bond acceptors (Lipinski definition) is 6. The van der Waals surface area contributed by atoms with Gasteiger partial charge in [0.2, 0.25) is 12.7 Å². The molecule has 2 aliphatic rings. The molecule has 0 atom stereocenters. The van der Waals surface area contributed by atoms with E-state index in [0.717, 1.165) is 0 Å². The lowest BCUT2D eigenvalue weighted by Crippen LogP contribution is -2.50. The number of fused-ring (bicyclic) bond motifs is 1. The second kappa shape index (κ2) is 5.70. The summed E-state index contributed by atoms with van der Waals surface area (Å²) in [5.74, 6) is 2.97. The molecule has 1 saturated heterocycles. The zero-order chi connectivity index (χ0) is 16.7. The number of likely N-dealkylation sites (tertiary alicyclic amines) is 1. The van der Waals surface area contributed by atoms with Crippen LogP contribution in [0, 0.1) is 0 Å².